The van der Waals surface area contributed by atoms with E-state index in [1.165, 1.54) is 0 Å². The van der Waals surface area contributed by atoms with Gasteiger partial charge in [0, 0.05) is 37.6 Å². The molecule has 0 aliphatic carbocycles. The van der Waals surface area contributed by atoms with Crippen LogP contribution in [-0.4, -0.2) is 56.1 Å². The Morgan fingerprint density at radius 2 is 1.58 bits per heavy atom. The van der Waals surface area contributed by atoms with Crippen LogP contribution in [0.25, 0.3) is 0 Å². The van der Waals surface area contributed by atoms with E-state index in [1.54, 1.807) is 24.3 Å². The molecule has 0 unspecified atom stereocenters. The van der Waals surface area contributed by atoms with Crippen LogP contribution >= 0.6 is 24.8 Å². The van der Waals surface area contributed by atoms with Gasteiger partial charge in [0.15, 0.2) is 0 Å². The van der Waals surface area contributed by atoms with Crippen molar-refractivity contribution >= 4 is 48.0 Å². The van der Waals surface area contributed by atoms with Crippen molar-refractivity contribution in [1.82, 2.24) is 4.90 Å². The third-order valence-electron chi connectivity index (χ3n) is 4.05. The minimum Gasteiger partial charge on any atom is -0.381 e. The quantitative estimate of drug-likeness (QED) is 0.669. The van der Waals surface area contributed by atoms with Crippen molar-refractivity contribution in [2.45, 2.75) is 24.8 Å². The van der Waals surface area contributed by atoms with Crippen LogP contribution in [0.15, 0.2) is 24.3 Å². The van der Waals surface area contributed by atoms with Crippen LogP contribution < -0.4 is 16.4 Å². The SMILES string of the molecule is CN(C)CCC(=O)Nc1ccc(NC(=O)C2(N)CCOCC2)cc1.Cl.Cl. The molecule has 0 bridgehead atoms. The fourth-order valence-corrected chi connectivity index (χ4v) is 2.40. The molecule has 0 saturated carbocycles. The van der Waals surface area contributed by atoms with E-state index in [2.05, 4.69) is 10.6 Å². The summed E-state index contributed by atoms with van der Waals surface area (Å²) in [5.41, 5.74) is 6.63. The Bertz CT molecular complexity index is 576. The zero-order valence-electron chi connectivity index (χ0n) is 15.1. The van der Waals surface area contributed by atoms with Gasteiger partial charge >= 0.3 is 0 Å². The molecule has 148 valence electrons. The summed E-state index contributed by atoms with van der Waals surface area (Å²) in [6, 6.07) is 7.02. The van der Waals surface area contributed by atoms with Gasteiger partial charge in [-0.15, -0.1) is 24.8 Å². The minimum atomic E-state index is -0.878. The molecule has 9 heteroatoms. The van der Waals surface area contributed by atoms with Gasteiger partial charge in [-0.1, -0.05) is 0 Å². The summed E-state index contributed by atoms with van der Waals surface area (Å²) in [5.74, 6) is -0.239. The molecule has 1 heterocycles. The maximum absolute atomic E-state index is 12.3. The number of amides is 2. The van der Waals surface area contributed by atoms with E-state index in [4.69, 9.17) is 10.5 Å². The number of carbonyl (C=O) groups is 2. The fourth-order valence-electron chi connectivity index (χ4n) is 2.40. The molecule has 1 fully saturated rings. The van der Waals surface area contributed by atoms with Crippen LogP contribution in [0.1, 0.15) is 19.3 Å². The van der Waals surface area contributed by atoms with Crippen molar-refractivity contribution in [3.8, 4) is 0 Å². The lowest BCUT2D eigenvalue weighted by molar-refractivity contribution is -0.124. The number of rotatable bonds is 6. The summed E-state index contributed by atoms with van der Waals surface area (Å²) in [4.78, 5) is 26.1. The number of hydrogen-bond acceptors (Lipinski definition) is 5. The Hall–Kier alpha value is -1.38. The van der Waals surface area contributed by atoms with E-state index in [9.17, 15) is 9.59 Å². The highest BCUT2D eigenvalue weighted by atomic mass is 35.5. The highest BCUT2D eigenvalue weighted by Gasteiger charge is 2.35. The van der Waals surface area contributed by atoms with Gasteiger partial charge in [0.05, 0.1) is 0 Å². The van der Waals surface area contributed by atoms with Crippen LogP contribution in [0.3, 0.4) is 0 Å². The maximum atomic E-state index is 12.3. The summed E-state index contributed by atoms with van der Waals surface area (Å²) >= 11 is 0. The van der Waals surface area contributed by atoms with Crippen molar-refractivity contribution < 1.29 is 14.3 Å². The highest BCUT2D eigenvalue weighted by molar-refractivity contribution is 5.98. The van der Waals surface area contributed by atoms with E-state index in [0.29, 0.717) is 50.4 Å². The van der Waals surface area contributed by atoms with Crippen LogP contribution in [0.2, 0.25) is 0 Å². The van der Waals surface area contributed by atoms with E-state index in [0.717, 1.165) is 0 Å². The van der Waals surface area contributed by atoms with Gasteiger partial charge in [0.25, 0.3) is 0 Å². The molecule has 0 spiro atoms. The fraction of sp³-hybridized carbons (Fsp3) is 0.529. The standard InChI is InChI=1S/C17H26N4O3.2ClH/c1-21(2)10-7-15(22)19-13-3-5-14(6-4-13)20-16(23)17(18)8-11-24-12-9-17;;/h3-6H,7-12,18H2,1-2H3,(H,19,22)(H,20,23);2*1H. The normalized spacial score (nSPS) is 15.4. The summed E-state index contributed by atoms with van der Waals surface area (Å²) in [6.45, 7) is 1.70. The average molecular weight is 407 g/mol. The Labute approximate surface area is 166 Å². The summed E-state index contributed by atoms with van der Waals surface area (Å²) in [7, 11) is 3.85. The average Bonchev–Trinajstić information content (AvgIpc) is 2.55. The maximum Gasteiger partial charge on any atom is 0.244 e. The predicted octanol–water partition coefficient (Wildman–Crippen LogP) is 1.87. The molecule has 2 amide bonds. The van der Waals surface area contributed by atoms with Crippen molar-refractivity contribution in [1.29, 1.82) is 0 Å². The van der Waals surface area contributed by atoms with Crippen molar-refractivity contribution in [3.63, 3.8) is 0 Å². The number of carbonyl (C=O) groups excluding carboxylic acids is 2. The third kappa shape index (κ3) is 7.47. The molecule has 4 N–H and O–H groups in total. The van der Waals surface area contributed by atoms with Gasteiger partial charge < -0.3 is 26.0 Å². The summed E-state index contributed by atoms with van der Waals surface area (Å²) < 4.78 is 5.25. The topological polar surface area (TPSA) is 96.7 Å². The monoisotopic (exact) mass is 406 g/mol. The Balaban J connectivity index is 0.00000312. The largest absolute Gasteiger partial charge is 0.381 e. The smallest absolute Gasteiger partial charge is 0.244 e. The molecule has 0 aromatic heterocycles. The molecule has 0 atom stereocenters. The zero-order valence-corrected chi connectivity index (χ0v) is 16.8. The molecule has 26 heavy (non-hydrogen) atoms. The minimum absolute atomic E-state index is 0. The number of hydrogen-bond donors (Lipinski definition) is 3. The Morgan fingerprint density at radius 1 is 1.08 bits per heavy atom. The molecule has 0 radical (unpaired) electrons. The lowest BCUT2D eigenvalue weighted by Gasteiger charge is -2.31. The van der Waals surface area contributed by atoms with Gasteiger partial charge in [0.1, 0.15) is 5.54 Å². The van der Waals surface area contributed by atoms with Crippen molar-refractivity contribution in [2.75, 3.05) is 44.5 Å². The first-order valence-corrected chi connectivity index (χ1v) is 8.12. The second-order valence-corrected chi connectivity index (χ2v) is 6.40. The van der Waals surface area contributed by atoms with Gasteiger partial charge in [0.2, 0.25) is 11.8 Å². The van der Waals surface area contributed by atoms with Gasteiger partial charge in [-0.05, 0) is 51.2 Å². The van der Waals surface area contributed by atoms with Crippen molar-refractivity contribution in [2.24, 2.45) is 5.73 Å². The third-order valence-corrected chi connectivity index (χ3v) is 4.05. The van der Waals surface area contributed by atoms with E-state index >= 15 is 0 Å². The summed E-state index contributed by atoms with van der Waals surface area (Å²) in [5, 5.41) is 5.66. The number of anilines is 2. The van der Waals surface area contributed by atoms with Crippen LogP contribution in [0.5, 0.6) is 0 Å². The van der Waals surface area contributed by atoms with Crippen LogP contribution in [0, 0.1) is 0 Å². The number of nitrogens with zero attached hydrogens (tertiary/aromatic N) is 1. The van der Waals surface area contributed by atoms with Crippen LogP contribution in [-0.2, 0) is 14.3 Å². The number of nitrogens with two attached hydrogens (primary N) is 1. The molecular formula is C17H28Cl2N4O3. The lowest BCUT2D eigenvalue weighted by Crippen LogP contribution is -2.54. The number of halogens is 2. The first kappa shape index (κ1) is 24.6. The molecule has 2 rings (SSSR count). The Morgan fingerprint density at radius 3 is 2.08 bits per heavy atom. The second kappa shape index (κ2) is 11.4. The number of benzene rings is 1. The van der Waals surface area contributed by atoms with Crippen LogP contribution in [0.4, 0.5) is 11.4 Å². The molecule has 1 aliphatic rings. The van der Waals surface area contributed by atoms with E-state index in [-0.39, 0.29) is 36.6 Å². The molecule has 1 aliphatic heterocycles. The first-order chi connectivity index (χ1) is 11.4. The predicted molar refractivity (Wildman–Crippen MR) is 108 cm³/mol. The molecule has 1 aromatic carbocycles. The van der Waals surface area contributed by atoms with Crippen molar-refractivity contribution in [3.05, 3.63) is 24.3 Å². The zero-order chi connectivity index (χ0) is 17.6. The van der Waals surface area contributed by atoms with E-state index < -0.39 is 5.54 Å². The van der Waals surface area contributed by atoms with Gasteiger partial charge in [-0.2, -0.15) is 0 Å². The second-order valence-electron chi connectivity index (χ2n) is 6.40. The van der Waals surface area contributed by atoms with Gasteiger partial charge in [-0.3, -0.25) is 9.59 Å². The lowest BCUT2D eigenvalue weighted by atomic mass is 9.90. The summed E-state index contributed by atoms with van der Waals surface area (Å²) in [6.07, 6.45) is 1.46. The number of ether oxygens (including phenoxy) is 1. The highest BCUT2D eigenvalue weighted by Crippen LogP contribution is 2.21. The first-order valence-electron chi connectivity index (χ1n) is 8.12. The molecule has 1 saturated heterocycles. The van der Waals surface area contributed by atoms with Gasteiger partial charge in [-0.25, -0.2) is 0 Å². The Kier molecular flexibility index (Phi) is 10.8. The molecule has 1 aromatic rings. The van der Waals surface area contributed by atoms with E-state index in [1.807, 2.05) is 19.0 Å². The molecular weight excluding hydrogens is 379 g/mol. The molecule has 7 nitrogen and oxygen atoms in total. The number of nitrogens with one attached hydrogen (secondary N) is 2.